The van der Waals surface area contributed by atoms with Crippen LogP contribution >= 0.6 is 11.6 Å². The van der Waals surface area contributed by atoms with Crippen LogP contribution in [-0.2, 0) is 6.54 Å². The molecule has 0 aromatic heterocycles. The van der Waals surface area contributed by atoms with Crippen molar-refractivity contribution in [2.24, 2.45) is 0 Å². The van der Waals surface area contributed by atoms with Crippen molar-refractivity contribution in [2.75, 3.05) is 45.7 Å². The predicted octanol–water partition coefficient (Wildman–Crippen LogP) is 2.84. The number of hydrogen-bond acceptors (Lipinski definition) is 3. The van der Waals surface area contributed by atoms with E-state index >= 15 is 0 Å². The minimum Gasteiger partial charge on any atom is -0.372 e. The molecule has 0 heterocycles. The van der Waals surface area contributed by atoms with E-state index in [0.717, 1.165) is 43.3 Å². The van der Waals surface area contributed by atoms with Crippen molar-refractivity contribution >= 4 is 17.3 Å². The molecule has 0 bridgehead atoms. The van der Waals surface area contributed by atoms with Gasteiger partial charge >= 0.3 is 0 Å². The topological polar surface area (TPSA) is 18.5 Å². The molecule has 0 aliphatic carbocycles. The van der Waals surface area contributed by atoms with E-state index in [1.807, 2.05) is 0 Å². The smallest absolute Gasteiger partial charge is 0.0642 e. The van der Waals surface area contributed by atoms with Crippen molar-refractivity contribution in [1.29, 1.82) is 0 Å². The van der Waals surface area contributed by atoms with Crippen LogP contribution in [0.3, 0.4) is 0 Å². The zero-order valence-corrected chi connectivity index (χ0v) is 13.3. The Morgan fingerprint density at radius 2 is 1.89 bits per heavy atom. The molecule has 0 aliphatic rings. The maximum Gasteiger partial charge on any atom is 0.0642 e. The number of hydrogen-bond donors (Lipinski definition) is 1. The lowest BCUT2D eigenvalue weighted by atomic mass is 10.2. The summed E-state index contributed by atoms with van der Waals surface area (Å²) in [6.07, 6.45) is 1.15. The van der Waals surface area contributed by atoms with E-state index in [4.69, 9.17) is 11.6 Å². The predicted molar refractivity (Wildman–Crippen MR) is 85.3 cm³/mol. The summed E-state index contributed by atoms with van der Waals surface area (Å²) in [5.41, 5.74) is 2.34. The molecule has 0 amide bonds. The molecule has 19 heavy (non-hydrogen) atoms. The third-order valence-electron chi connectivity index (χ3n) is 3.06. The number of anilines is 1. The van der Waals surface area contributed by atoms with Crippen LogP contribution in [0.4, 0.5) is 5.69 Å². The lowest BCUT2D eigenvalue weighted by Gasteiger charge is -2.23. The van der Waals surface area contributed by atoms with Gasteiger partial charge in [0.05, 0.1) is 10.7 Å². The fourth-order valence-corrected chi connectivity index (χ4v) is 2.20. The molecule has 1 aromatic carbocycles. The number of nitrogens with zero attached hydrogens (tertiary/aromatic N) is 2. The van der Waals surface area contributed by atoms with E-state index < -0.39 is 0 Å². The normalized spacial score (nSPS) is 11.1. The lowest BCUT2D eigenvalue weighted by Crippen LogP contribution is -2.28. The van der Waals surface area contributed by atoms with Gasteiger partial charge in [0, 0.05) is 26.7 Å². The number of rotatable bonds is 8. The summed E-state index contributed by atoms with van der Waals surface area (Å²) < 4.78 is 0. The second-order valence-electron chi connectivity index (χ2n) is 5.19. The van der Waals surface area contributed by atoms with Crippen LogP contribution in [0, 0.1) is 0 Å². The Bertz CT molecular complexity index is 380. The molecule has 1 aromatic rings. The fourth-order valence-electron chi connectivity index (χ4n) is 1.85. The van der Waals surface area contributed by atoms with Crippen molar-refractivity contribution in [3.05, 3.63) is 28.8 Å². The highest BCUT2D eigenvalue weighted by Gasteiger charge is 2.07. The Balaban J connectivity index is 2.60. The van der Waals surface area contributed by atoms with Gasteiger partial charge in [-0.1, -0.05) is 24.6 Å². The first kappa shape index (κ1) is 16.3. The van der Waals surface area contributed by atoms with Crippen LogP contribution in [0.5, 0.6) is 0 Å². The molecule has 0 spiro atoms. The highest BCUT2D eigenvalue weighted by Crippen LogP contribution is 2.25. The minimum atomic E-state index is 0.831. The Kier molecular flexibility index (Phi) is 7.21. The SMILES string of the molecule is CCCNCc1ccc(N(C)CCN(C)C)c(Cl)c1. The molecule has 1 N–H and O–H groups in total. The number of nitrogens with one attached hydrogen (secondary N) is 1. The Labute approximate surface area is 122 Å². The van der Waals surface area contributed by atoms with E-state index in [-0.39, 0.29) is 0 Å². The summed E-state index contributed by atoms with van der Waals surface area (Å²) in [5, 5.41) is 4.22. The van der Waals surface area contributed by atoms with Gasteiger partial charge in [-0.2, -0.15) is 0 Å². The van der Waals surface area contributed by atoms with Gasteiger partial charge in [0.1, 0.15) is 0 Å². The zero-order valence-electron chi connectivity index (χ0n) is 12.5. The van der Waals surface area contributed by atoms with Crippen LogP contribution in [-0.4, -0.2) is 45.7 Å². The molecule has 4 heteroatoms. The highest BCUT2D eigenvalue weighted by molar-refractivity contribution is 6.33. The van der Waals surface area contributed by atoms with Gasteiger partial charge in [-0.25, -0.2) is 0 Å². The Hall–Kier alpha value is -0.770. The van der Waals surface area contributed by atoms with Crippen LogP contribution in [0.25, 0.3) is 0 Å². The summed E-state index contributed by atoms with van der Waals surface area (Å²) in [5.74, 6) is 0. The van der Waals surface area contributed by atoms with E-state index in [0.29, 0.717) is 0 Å². The summed E-state index contributed by atoms with van der Waals surface area (Å²) in [6.45, 7) is 6.09. The largest absolute Gasteiger partial charge is 0.372 e. The third-order valence-corrected chi connectivity index (χ3v) is 3.36. The molecule has 1 rings (SSSR count). The van der Waals surface area contributed by atoms with E-state index in [9.17, 15) is 0 Å². The molecule has 0 atom stereocenters. The molecule has 0 saturated carbocycles. The lowest BCUT2D eigenvalue weighted by molar-refractivity contribution is 0.416. The van der Waals surface area contributed by atoms with Crippen LogP contribution in [0.1, 0.15) is 18.9 Å². The zero-order chi connectivity index (χ0) is 14.3. The van der Waals surface area contributed by atoms with Crippen molar-refractivity contribution < 1.29 is 0 Å². The van der Waals surface area contributed by atoms with Gasteiger partial charge in [0.25, 0.3) is 0 Å². The molecule has 3 nitrogen and oxygen atoms in total. The fraction of sp³-hybridized carbons (Fsp3) is 0.600. The molecular weight excluding hydrogens is 258 g/mol. The van der Waals surface area contributed by atoms with Crippen molar-refractivity contribution in [1.82, 2.24) is 10.2 Å². The minimum absolute atomic E-state index is 0.831. The molecule has 0 aliphatic heterocycles. The molecule has 0 unspecified atom stereocenters. The first-order valence-electron chi connectivity index (χ1n) is 6.89. The van der Waals surface area contributed by atoms with Gasteiger partial charge < -0.3 is 15.1 Å². The van der Waals surface area contributed by atoms with Crippen LogP contribution in [0.2, 0.25) is 5.02 Å². The number of benzene rings is 1. The van der Waals surface area contributed by atoms with E-state index in [1.165, 1.54) is 5.56 Å². The molecule has 0 saturated heterocycles. The van der Waals surface area contributed by atoms with Gasteiger partial charge in [-0.3, -0.25) is 0 Å². The van der Waals surface area contributed by atoms with Gasteiger partial charge in [0.2, 0.25) is 0 Å². The first-order chi connectivity index (χ1) is 9.04. The van der Waals surface area contributed by atoms with E-state index in [2.05, 4.69) is 61.4 Å². The second kappa shape index (κ2) is 8.41. The monoisotopic (exact) mass is 283 g/mol. The average molecular weight is 284 g/mol. The average Bonchev–Trinajstić information content (AvgIpc) is 2.36. The summed E-state index contributed by atoms with van der Waals surface area (Å²) >= 11 is 6.37. The second-order valence-corrected chi connectivity index (χ2v) is 5.59. The molecular formula is C15H26ClN3. The van der Waals surface area contributed by atoms with Gasteiger partial charge in [-0.05, 0) is 44.8 Å². The van der Waals surface area contributed by atoms with Crippen LogP contribution in [0.15, 0.2) is 18.2 Å². The first-order valence-corrected chi connectivity index (χ1v) is 7.27. The molecule has 108 valence electrons. The quantitative estimate of drug-likeness (QED) is 0.740. The molecule has 0 fully saturated rings. The van der Waals surface area contributed by atoms with Gasteiger partial charge in [-0.15, -0.1) is 0 Å². The Morgan fingerprint density at radius 1 is 1.16 bits per heavy atom. The van der Waals surface area contributed by atoms with Gasteiger partial charge in [0.15, 0.2) is 0 Å². The number of halogens is 1. The van der Waals surface area contributed by atoms with Crippen molar-refractivity contribution in [3.8, 4) is 0 Å². The standard InChI is InChI=1S/C15H26ClN3/c1-5-8-17-12-13-6-7-15(14(16)11-13)19(4)10-9-18(2)3/h6-7,11,17H,5,8-10,12H2,1-4H3. The maximum absolute atomic E-state index is 6.37. The summed E-state index contributed by atoms with van der Waals surface area (Å²) in [4.78, 5) is 4.37. The maximum atomic E-state index is 6.37. The number of likely N-dealkylation sites (N-methyl/N-ethyl adjacent to an activating group) is 2. The highest BCUT2D eigenvalue weighted by atomic mass is 35.5. The summed E-state index contributed by atoms with van der Waals surface area (Å²) in [6, 6.07) is 6.32. The molecule has 0 radical (unpaired) electrons. The van der Waals surface area contributed by atoms with Crippen LogP contribution < -0.4 is 10.2 Å². The van der Waals surface area contributed by atoms with Crippen molar-refractivity contribution in [3.63, 3.8) is 0 Å². The third kappa shape index (κ3) is 5.81. The van der Waals surface area contributed by atoms with E-state index in [1.54, 1.807) is 0 Å². The summed E-state index contributed by atoms with van der Waals surface area (Å²) in [7, 11) is 6.25. The Morgan fingerprint density at radius 3 is 2.47 bits per heavy atom. The van der Waals surface area contributed by atoms with Crippen molar-refractivity contribution in [2.45, 2.75) is 19.9 Å².